The van der Waals surface area contributed by atoms with Crippen LogP contribution < -0.4 is 0 Å². The number of carbonyl (C=O) groups is 2. The first-order chi connectivity index (χ1) is 12.9. The molecule has 1 spiro atoms. The summed E-state index contributed by atoms with van der Waals surface area (Å²) in [6, 6.07) is 10.4. The normalized spacial score (nSPS) is 25.6. The van der Waals surface area contributed by atoms with Crippen LogP contribution in [-0.4, -0.2) is 78.0 Å². The van der Waals surface area contributed by atoms with E-state index in [2.05, 4.69) is 42.7 Å². The summed E-state index contributed by atoms with van der Waals surface area (Å²) in [7, 11) is 1.62. The van der Waals surface area contributed by atoms with Crippen molar-refractivity contribution in [2.45, 2.75) is 31.6 Å². The highest BCUT2D eigenvalue weighted by molar-refractivity contribution is 5.90. The van der Waals surface area contributed by atoms with Crippen molar-refractivity contribution >= 4 is 11.8 Å². The number of hydrogen-bond acceptors (Lipinski definition) is 4. The Hall–Kier alpha value is -2.18. The number of benzene rings is 1. The fourth-order valence-electron chi connectivity index (χ4n) is 4.12. The summed E-state index contributed by atoms with van der Waals surface area (Å²) in [4.78, 5) is 29.8. The Morgan fingerprint density at radius 2 is 2.07 bits per heavy atom. The summed E-state index contributed by atoms with van der Waals surface area (Å²) in [6.45, 7) is 9.48. The van der Waals surface area contributed by atoms with Gasteiger partial charge in [0.1, 0.15) is 5.60 Å². The Morgan fingerprint density at radius 3 is 2.78 bits per heavy atom. The van der Waals surface area contributed by atoms with Gasteiger partial charge in [0, 0.05) is 33.2 Å². The Bertz CT molecular complexity index is 693. The Labute approximate surface area is 161 Å². The maximum Gasteiger partial charge on any atom is 0.246 e. The molecule has 0 bridgehead atoms. The summed E-state index contributed by atoms with van der Waals surface area (Å²) in [5.41, 5.74) is 0.973. The summed E-state index contributed by atoms with van der Waals surface area (Å²) >= 11 is 0. The molecular weight excluding hydrogens is 342 g/mol. The zero-order valence-electron chi connectivity index (χ0n) is 16.3. The summed E-state index contributed by atoms with van der Waals surface area (Å²) < 4.78 is 6.32. The Kier molecular flexibility index (Phi) is 5.97. The first-order valence-corrected chi connectivity index (χ1v) is 9.50. The number of carbonyl (C=O) groups excluding carboxylic acids is 2. The van der Waals surface area contributed by atoms with Crippen molar-refractivity contribution in [2.24, 2.45) is 0 Å². The van der Waals surface area contributed by atoms with Crippen LogP contribution >= 0.6 is 0 Å². The van der Waals surface area contributed by atoms with E-state index in [1.54, 1.807) is 7.05 Å². The summed E-state index contributed by atoms with van der Waals surface area (Å²) in [5.74, 6) is -0.283. The maximum atomic E-state index is 12.6. The lowest BCUT2D eigenvalue weighted by atomic mass is 9.98. The van der Waals surface area contributed by atoms with Gasteiger partial charge in [-0.1, -0.05) is 36.9 Å². The van der Waals surface area contributed by atoms with Gasteiger partial charge in [0.15, 0.2) is 0 Å². The standard InChI is InChI=1S/C21H29N3O3/c1-4-19(25)22(3)14-20(26)24-11-10-21(16-24)15-23(12-17(2)27-21)13-18-8-6-5-7-9-18/h4-9,17H,1,10-16H2,2-3H3. The molecule has 2 amide bonds. The van der Waals surface area contributed by atoms with Crippen molar-refractivity contribution < 1.29 is 14.3 Å². The maximum absolute atomic E-state index is 12.6. The molecule has 0 N–H and O–H groups in total. The Morgan fingerprint density at radius 1 is 1.33 bits per heavy atom. The van der Waals surface area contributed by atoms with E-state index in [0.717, 1.165) is 26.1 Å². The van der Waals surface area contributed by atoms with Crippen molar-refractivity contribution in [2.75, 3.05) is 39.8 Å². The minimum atomic E-state index is -0.316. The molecule has 6 nitrogen and oxygen atoms in total. The van der Waals surface area contributed by atoms with E-state index in [9.17, 15) is 9.59 Å². The third-order valence-electron chi connectivity index (χ3n) is 5.32. The highest BCUT2D eigenvalue weighted by Crippen LogP contribution is 2.32. The molecule has 2 aliphatic rings. The fourth-order valence-corrected chi connectivity index (χ4v) is 4.12. The fraction of sp³-hybridized carbons (Fsp3) is 0.524. The van der Waals surface area contributed by atoms with Gasteiger partial charge in [0.2, 0.25) is 11.8 Å². The molecule has 2 saturated heterocycles. The van der Waals surface area contributed by atoms with Gasteiger partial charge in [-0.2, -0.15) is 0 Å². The highest BCUT2D eigenvalue weighted by atomic mass is 16.5. The average Bonchev–Trinajstić information content (AvgIpc) is 3.04. The second kappa shape index (κ2) is 8.23. The van der Waals surface area contributed by atoms with Crippen molar-refractivity contribution in [1.82, 2.24) is 14.7 Å². The van der Waals surface area contributed by atoms with Crippen LogP contribution in [0.1, 0.15) is 18.9 Å². The van der Waals surface area contributed by atoms with Crippen molar-refractivity contribution in [1.29, 1.82) is 0 Å². The highest BCUT2D eigenvalue weighted by Gasteiger charge is 2.46. The largest absolute Gasteiger partial charge is 0.367 e. The van der Waals surface area contributed by atoms with E-state index in [4.69, 9.17) is 4.74 Å². The molecule has 1 aromatic carbocycles. The monoisotopic (exact) mass is 371 g/mol. The van der Waals surface area contributed by atoms with Crippen molar-refractivity contribution in [3.05, 3.63) is 48.6 Å². The molecule has 0 aromatic heterocycles. The molecule has 2 heterocycles. The minimum Gasteiger partial charge on any atom is -0.367 e. The molecule has 0 saturated carbocycles. The summed E-state index contributed by atoms with van der Waals surface area (Å²) in [6.07, 6.45) is 2.18. The predicted octanol–water partition coefficient (Wildman–Crippen LogP) is 1.52. The van der Waals surface area contributed by atoms with E-state index in [-0.39, 0.29) is 30.1 Å². The Balaban J connectivity index is 1.61. The lowest BCUT2D eigenvalue weighted by Crippen LogP contribution is -2.56. The van der Waals surface area contributed by atoms with E-state index >= 15 is 0 Å². The number of rotatable bonds is 5. The molecule has 2 aliphatic heterocycles. The van der Waals surface area contributed by atoms with E-state index in [1.165, 1.54) is 16.5 Å². The molecule has 1 aromatic rings. The van der Waals surface area contributed by atoms with E-state index < -0.39 is 0 Å². The molecule has 0 aliphatic carbocycles. The van der Waals surface area contributed by atoms with Crippen LogP contribution in [0.25, 0.3) is 0 Å². The topological polar surface area (TPSA) is 53.1 Å². The number of amides is 2. The quantitative estimate of drug-likeness (QED) is 0.737. The third-order valence-corrected chi connectivity index (χ3v) is 5.32. The van der Waals surface area contributed by atoms with Crippen LogP contribution in [0, 0.1) is 0 Å². The predicted molar refractivity (Wildman–Crippen MR) is 104 cm³/mol. The molecule has 27 heavy (non-hydrogen) atoms. The number of likely N-dealkylation sites (tertiary alicyclic amines) is 1. The van der Waals surface area contributed by atoms with Crippen LogP contribution in [0.15, 0.2) is 43.0 Å². The van der Waals surface area contributed by atoms with Crippen LogP contribution in [0.5, 0.6) is 0 Å². The molecule has 146 valence electrons. The second-order valence-electron chi connectivity index (χ2n) is 7.73. The first kappa shape index (κ1) is 19.6. The molecule has 2 unspecified atom stereocenters. The second-order valence-corrected chi connectivity index (χ2v) is 7.73. The van der Waals surface area contributed by atoms with Crippen LogP contribution in [0.3, 0.4) is 0 Å². The number of ether oxygens (including phenoxy) is 1. The molecule has 3 rings (SSSR count). The SMILES string of the molecule is C=CC(=O)N(C)CC(=O)N1CCC2(CN(Cc3ccccc3)CC(C)O2)C1. The molecule has 2 fully saturated rings. The van der Waals surface area contributed by atoms with Gasteiger partial charge in [-0.15, -0.1) is 0 Å². The molecule has 0 radical (unpaired) electrons. The minimum absolute atomic E-state index is 0.0407. The molecular formula is C21H29N3O3. The average molecular weight is 371 g/mol. The van der Waals surface area contributed by atoms with Gasteiger partial charge < -0.3 is 14.5 Å². The first-order valence-electron chi connectivity index (χ1n) is 9.50. The van der Waals surface area contributed by atoms with Gasteiger partial charge in [0.05, 0.1) is 19.2 Å². The third kappa shape index (κ3) is 4.76. The van der Waals surface area contributed by atoms with Crippen LogP contribution in [0.2, 0.25) is 0 Å². The number of nitrogens with zero attached hydrogens (tertiary/aromatic N) is 3. The van der Waals surface area contributed by atoms with E-state index in [0.29, 0.717) is 13.1 Å². The van der Waals surface area contributed by atoms with E-state index in [1.807, 2.05) is 11.0 Å². The lowest BCUT2D eigenvalue weighted by molar-refractivity contribution is -0.150. The number of likely N-dealkylation sites (N-methyl/N-ethyl adjacent to an activating group) is 1. The number of morpholine rings is 1. The molecule has 6 heteroatoms. The zero-order chi connectivity index (χ0) is 19.4. The van der Waals surface area contributed by atoms with Crippen molar-refractivity contribution in [3.8, 4) is 0 Å². The zero-order valence-corrected chi connectivity index (χ0v) is 16.3. The summed E-state index contributed by atoms with van der Waals surface area (Å²) in [5, 5.41) is 0. The van der Waals surface area contributed by atoms with Crippen LogP contribution in [-0.2, 0) is 20.9 Å². The smallest absolute Gasteiger partial charge is 0.246 e. The molecule has 2 atom stereocenters. The van der Waals surface area contributed by atoms with Gasteiger partial charge >= 0.3 is 0 Å². The number of hydrogen-bond donors (Lipinski definition) is 0. The van der Waals surface area contributed by atoms with Gasteiger partial charge in [-0.05, 0) is 25.0 Å². The lowest BCUT2D eigenvalue weighted by Gasteiger charge is -2.43. The van der Waals surface area contributed by atoms with Gasteiger partial charge in [-0.25, -0.2) is 0 Å². The van der Waals surface area contributed by atoms with Gasteiger partial charge in [0.25, 0.3) is 0 Å². The van der Waals surface area contributed by atoms with Crippen molar-refractivity contribution in [3.63, 3.8) is 0 Å². The van der Waals surface area contributed by atoms with Crippen LogP contribution in [0.4, 0.5) is 0 Å². The van der Waals surface area contributed by atoms with Gasteiger partial charge in [-0.3, -0.25) is 14.5 Å².